The van der Waals surface area contributed by atoms with Crippen molar-refractivity contribution in [2.75, 3.05) is 4.90 Å². The van der Waals surface area contributed by atoms with Crippen LogP contribution in [0, 0.1) is 0 Å². The van der Waals surface area contributed by atoms with Gasteiger partial charge in [0.15, 0.2) is 11.6 Å². The van der Waals surface area contributed by atoms with E-state index in [1.54, 1.807) is 0 Å². The number of fused-ring (bicyclic) bond motifs is 2. The van der Waals surface area contributed by atoms with Gasteiger partial charge in [0, 0.05) is 23.2 Å². The lowest BCUT2D eigenvalue weighted by molar-refractivity contribution is 0.256. The number of hydrogen-bond acceptors (Lipinski definition) is 5. The van der Waals surface area contributed by atoms with Crippen molar-refractivity contribution < 1.29 is 4.79 Å². The van der Waals surface area contributed by atoms with Crippen molar-refractivity contribution in [1.82, 2.24) is 19.1 Å². The van der Waals surface area contributed by atoms with Crippen molar-refractivity contribution >= 4 is 60.8 Å². The van der Waals surface area contributed by atoms with E-state index in [2.05, 4.69) is 22.1 Å². The minimum atomic E-state index is -0.624. The number of benzene rings is 2. The fourth-order valence-corrected chi connectivity index (χ4v) is 5.44. The number of carbonyl (C=O) groups is 1. The van der Waals surface area contributed by atoms with E-state index in [4.69, 9.17) is 5.73 Å². The first-order valence-corrected chi connectivity index (χ1v) is 11.6. The molecule has 0 saturated carbocycles. The van der Waals surface area contributed by atoms with Crippen LogP contribution in [-0.4, -0.2) is 25.1 Å². The van der Waals surface area contributed by atoms with Crippen LogP contribution in [0.25, 0.3) is 33.4 Å². The van der Waals surface area contributed by atoms with Crippen molar-refractivity contribution in [3.05, 3.63) is 83.8 Å². The van der Waals surface area contributed by atoms with E-state index in [9.17, 15) is 4.79 Å². The van der Waals surface area contributed by atoms with Gasteiger partial charge in [-0.1, -0.05) is 36.4 Å². The lowest BCUT2D eigenvalue weighted by Gasteiger charge is -2.13. The first kappa shape index (κ1) is 18.8. The molecule has 0 aliphatic rings. The quantitative estimate of drug-likeness (QED) is 0.369. The molecule has 0 bridgehead atoms. The lowest BCUT2D eigenvalue weighted by Crippen LogP contribution is -2.31. The second-order valence-electron chi connectivity index (χ2n) is 7.14. The minimum Gasteiger partial charge on any atom is -0.351 e. The van der Waals surface area contributed by atoms with Crippen molar-refractivity contribution in [2.24, 2.45) is 5.73 Å². The van der Waals surface area contributed by atoms with Crippen LogP contribution < -0.4 is 10.6 Å². The molecule has 4 aromatic heterocycles. The number of nitrogens with two attached hydrogens (primary N) is 1. The lowest BCUT2D eigenvalue weighted by atomic mass is 10.2. The molecule has 9 heteroatoms. The van der Waals surface area contributed by atoms with Crippen LogP contribution in [0.2, 0.25) is 0 Å². The predicted octanol–water partition coefficient (Wildman–Crippen LogP) is 5.70. The average molecular weight is 457 g/mol. The number of thiazole rings is 2. The van der Waals surface area contributed by atoms with Crippen molar-refractivity contribution in [3.8, 4) is 11.6 Å². The fourth-order valence-electron chi connectivity index (χ4n) is 3.77. The highest BCUT2D eigenvalue weighted by Gasteiger charge is 2.23. The topological polar surface area (TPSA) is 82.0 Å². The largest absolute Gasteiger partial charge is 0.351 e. The van der Waals surface area contributed by atoms with Gasteiger partial charge in [0.1, 0.15) is 0 Å². The summed E-state index contributed by atoms with van der Waals surface area (Å²) >= 11 is 2.70. The van der Waals surface area contributed by atoms with Crippen LogP contribution in [-0.2, 0) is 0 Å². The Morgan fingerprint density at radius 1 is 0.750 bits per heavy atom. The molecule has 0 spiro atoms. The third kappa shape index (κ3) is 2.98. The summed E-state index contributed by atoms with van der Waals surface area (Å²) in [7, 11) is 0. The number of rotatable bonds is 4. The van der Waals surface area contributed by atoms with Gasteiger partial charge < -0.3 is 14.9 Å². The van der Waals surface area contributed by atoms with Crippen LogP contribution in [0.4, 0.5) is 15.1 Å². The second kappa shape index (κ2) is 7.33. The SMILES string of the molecule is NC(=O)N(c1nc(-n2ccc3ccccc32)cs1)c1nc(-n2ccc3ccccc32)cs1. The summed E-state index contributed by atoms with van der Waals surface area (Å²) in [5.74, 6) is 1.45. The first-order chi connectivity index (χ1) is 15.7. The minimum absolute atomic E-state index is 0.476. The van der Waals surface area contributed by atoms with Gasteiger partial charge in [-0.05, 0) is 35.0 Å². The van der Waals surface area contributed by atoms with Gasteiger partial charge in [-0.3, -0.25) is 0 Å². The molecule has 0 aliphatic carbocycles. The monoisotopic (exact) mass is 456 g/mol. The molecule has 0 atom stereocenters. The maximum atomic E-state index is 12.4. The highest BCUT2D eigenvalue weighted by atomic mass is 32.1. The molecule has 7 nitrogen and oxygen atoms in total. The molecule has 6 aromatic rings. The number of anilines is 2. The maximum Gasteiger partial charge on any atom is 0.327 e. The average Bonchev–Trinajstić information content (AvgIpc) is 3.59. The Bertz CT molecular complexity index is 1480. The molecule has 6 rings (SSSR count). The van der Waals surface area contributed by atoms with E-state index < -0.39 is 6.03 Å². The molecule has 2 N–H and O–H groups in total. The third-order valence-corrected chi connectivity index (χ3v) is 6.88. The number of para-hydroxylation sites is 2. The molecule has 0 fully saturated rings. The van der Waals surface area contributed by atoms with Gasteiger partial charge in [0.2, 0.25) is 10.3 Å². The highest BCUT2D eigenvalue weighted by Crippen LogP contribution is 2.34. The van der Waals surface area contributed by atoms with E-state index >= 15 is 0 Å². The highest BCUT2D eigenvalue weighted by molar-refractivity contribution is 7.16. The molecular formula is C23H16N6OS2. The van der Waals surface area contributed by atoms with E-state index in [1.807, 2.05) is 80.8 Å². The van der Waals surface area contributed by atoms with Gasteiger partial charge in [-0.15, -0.1) is 22.7 Å². The molecule has 0 saturated heterocycles. The zero-order chi connectivity index (χ0) is 21.7. The molecular weight excluding hydrogens is 440 g/mol. The Morgan fingerprint density at radius 3 is 1.69 bits per heavy atom. The van der Waals surface area contributed by atoms with Crippen molar-refractivity contribution in [1.29, 1.82) is 0 Å². The fraction of sp³-hybridized carbons (Fsp3) is 0. The molecule has 0 unspecified atom stereocenters. The summed E-state index contributed by atoms with van der Waals surface area (Å²) in [6.45, 7) is 0. The van der Waals surface area contributed by atoms with Gasteiger partial charge in [-0.2, -0.15) is 0 Å². The molecule has 32 heavy (non-hydrogen) atoms. The number of urea groups is 1. The van der Waals surface area contributed by atoms with Crippen LogP contribution in [0.15, 0.2) is 83.8 Å². The molecule has 2 aromatic carbocycles. The predicted molar refractivity (Wildman–Crippen MR) is 130 cm³/mol. The summed E-state index contributed by atoms with van der Waals surface area (Å²) in [4.78, 5) is 23.1. The van der Waals surface area contributed by atoms with Gasteiger partial charge >= 0.3 is 6.03 Å². The Kier molecular flexibility index (Phi) is 4.30. The number of aromatic nitrogens is 4. The van der Waals surface area contributed by atoms with E-state index in [0.717, 1.165) is 33.4 Å². The van der Waals surface area contributed by atoms with Gasteiger partial charge in [0.25, 0.3) is 0 Å². The summed E-state index contributed by atoms with van der Waals surface area (Å²) in [5.41, 5.74) is 7.84. The standard InChI is InChI=1S/C23H16N6OS2/c24-21(30)29(22-25-19(13-31-22)27-11-9-15-5-1-3-7-17(15)27)23-26-20(14-32-23)28-12-10-16-6-2-4-8-18(16)28/h1-14H,(H2,24,30). The third-order valence-electron chi connectivity index (χ3n) is 5.26. The number of hydrogen-bond donors (Lipinski definition) is 1. The number of nitrogens with zero attached hydrogens (tertiary/aromatic N) is 5. The molecule has 0 radical (unpaired) electrons. The molecule has 2 amide bonds. The normalized spacial score (nSPS) is 11.4. The first-order valence-electron chi connectivity index (χ1n) is 9.82. The Hall–Kier alpha value is -3.95. The summed E-state index contributed by atoms with van der Waals surface area (Å²) in [6, 6.07) is 19.6. The number of primary amides is 1. The molecule has 4 heterocycles. The summed E-state index contributed by atoms with van der Waals surface area (Å²) in [5, 5.41) is 7.01. The number of amides is 2. The van der Waals surface area contributed by atoms with Crippen LogP contribution >= 0.6 is 22.7 Å². The van der Waals surface area contributed by atoms with Crippen LogP contribution in [0.3, 0.4) is 0 Å². The summed E-state index contributed by atoms with van der Waals surface area (Å²) < 4.78 is 3.99. The van der Waals surface area contributed by atoms with E-state index in [1.165, 1.54) is 27.6 Å². The van der Waals surface area contributed by atoms with Crippen molar-refractivity contribution in [3.63, 3.8) is 0 Å². The maximum absolute atomic E-state index is 12.4. The van der Waals surface area contributed by atoms with Crippen LogP contribution in [0.1, 0.15) is 0 Å². The Labute approximate surface area is 190 Å². The zero-order valence-corrected chi connectivity index (χ0v) is 18.3. The van der Waals surface area contributed by atoms with Crippen molar-refractivity contribution in [2.45, 2.75) is 0 Å². The smallest absolute Gasteiger partial charge is 0.327 e. The summed E-state index contributed by atoms with van der Waals surface area (Å²) in [6.07, 6.45) is 3.94. The number of carbonyl (C=O) groups excluding carboxylic acids is 1. The molecule has 0 aliphatic heterocycles. The molecule has 156 valence electrons. The van der Waals surface area contributed by atoms with Gasteiger partial charge in [0.05, 0.1) is 11.0 Å². The zero-order valence-electron chi connectivity index (χ0n) is 16.6. The Balaban J connectivity index is 1.38. The van der Waals surface area contributed by atoms with Gasteiger partial charge in [-0.25, -0.2) is 19.7 Å². The van der Waals surface area contributed by atoms with E-state index in [0.29, 0.717) is 10.3 Å². The Morgan fingerprint density at radius 2 is 1.22 bits per heavy atom. The van der Waals surface area contributed by atoms with Crippen LogP contribution in [0.5, 0.6) is 0 Å². The second-order valence-corrected chi connectivity index (χ2v) is 8.81. The van der Waals surface area contributed by atoms with E-state index in [-0.39, 0.29) is 0 Å².